The number of piperidine rings is 1. The van der Waals surface area contributed by atoms with Crippen molar-refractivity contribution in [1.82, 2.24) is 10.2 Å². The van der Waals surface area contributed by atoms with Crippen molar-refractivity contribution in [3.8, 4) is 0 Å². The van der Waals surface area contributed by atoms with Gasteiger partial charge >= 0.3 is 0 Å². The zero-order valence-electron chi connectivity index (χ0n) is 12.0. The van der Waals surface area contributed by atoms with Gasteiger partial charge in [0, 0.05) is 28.9 Å². The molecule has 3 nitrogen and oxygen atoms in total. The van der Waals surface area contributed by atoms with Gasteiger partial charge in [0.2, 0.25) is 0 Å². The first kappa shape index (κ1) is 14.8. The zero-order valence-corrected chi connectivity index (χ0v) is 13.6. The summed E-state index contributed by atoms with van der Waals surface area (Å²) in [6.07, 6.45) is 2.47. The van der Waals surface area contributed by atoms with E-state index in [0.29, 0.717) is 0 Å². The van der Waals surface area contributed by atoms with Gasteiger partial charge < -0.3 is 10.2 Å². The Morgan fingerprint density at radius 3 is 2.81 bits per heavy atom. The molecule has 5 heteroatoms. The standard InChI is InChI=1S/C16H20N2OS2/c19-16(14-5-11-20-12-14)17-6-9-18-7-3-13(4-8-18)15-2-1-10-21-15/h1-2,5,10-13H,3-4,6-9H2,(H,17,19). The quantitative estimate of drug-likeness (QED) is 0.915. The van der Waals surface area contributed by atoms with E-state index in [1.165, 1.54) is 17.7 Å². The van der Waals surface area contributed by atoms with Gasteiger partial charge in [-0.15, -0.1) is 11.3 Å². The smallest absolute Gasteiger partial charge is 0.252 e. The van der Waals surface area contributed by atoms with Crippen LogP contribution in [0.15, 0.2) is 34.3 Å². The molecule has 0 spiro atoms. The molecule has 0 saturated carbocycles. The number of carbonyl (C=O) groups is 1. The molecule has 3 rings (SSSR count). The summed E-state index contributed by atoms with van der Waals surface area (Å²) in [5.41, 5.74) is 0.774. The summed E-state index contributed by atoms with van der Waals surface area (Å²) in [6.45, 7) is 3.96. The van der Waals surface area contributed by atoms with Gasteiger partial charge in [-0.2, -0.15) is 11.3 Å². The predicted molar refractivity (Wildman–Crippen MR) is 89.4 cm³/mol. The first-order valence-corrected chi connectivity index (χ1v) is 9.21. The van der Waals surface area contributed by atoms with Crippen LogP contribution in [0.2, 0.25) is 0 Å². The molecule has 112 valence electrons. The summed E-state index contributed by atoms with van der Waals surface area (Å²) in [7, 11) is 0. The van der Waals surface area contributed by atoms with E-state index in [4.69, 9.17) is 0 Å². The van der Waals surface area contributed by atoms with Crippen molar-refractivity contribution in [3.05, 3.63) is 44.8 Å². The minimum absolute atomic E-state index is 0.0460. The molecule has 2 aromatic heterocycles. The minimum Gasteiger partial charge on any atom is -0.351 e. The third-order valence-corrected chi connectivity index (χ3v) is 5.75. The zero-order chi connectivity index (χ0) is 14.5. The van der Waals surface area contributed by atoms with Crippen LogP contribution in [-0.2, 0) is 0 Å². The van der Waals surface area contributed by atoms with E-state index < -0.39 is 0 Å². The first-order chi connectivity index (χ1) is 10.3. The van der Waals surface area contributed by atoms with E-state index in [2.05, 4.69) is 27.7 Å². The summed E-state index contributed by atoms with van der Waals surface area (Å²) in [6, 6.07) is 6.27. The van der Waals surface area contributed by atoms with Crippen molar-refractivity contribution in [1.29, 1.82) is 0 Å². The van der Waals surface area contributed by atoms with E-state index in [-0.39, 0.29) is 5.91 Å². The Morgan fingerprint density at radius 1 is 1.29 bits per heavy atom. The molecular formula is C16H20N2OS2. The highest BCUT2D eigenvalue weighted by Gasteiger charge is 2.20. The lowest BCUT2D eigenvalue weighted by Crippen LogP contribution is -2.39. The number of rotatable bonds is 5. The van der Waals surface area contributed by atoms with E-state index in [1.807, 2.05) is 28.2 Å². The second-order valence-corrected chi connectivity index (χ2v) is 7.16. The topological polar surface area (TPSA) is 32.3 Å². The van der Waals surface area contributed by atoms with E-state index >= 15 is 0 Å². The monoisotopic (exact) mass is 320 g/mol. The highest BCUT2D eigenvalue weighted by molar-refractivity contribution is 7.10. The summed E-state index contributed by atoms with van der Waals surface area (Å²) < 4.78 is 0. The van der Waals surface area contributed by atoms with Gasteiger partial charge in [0.1, 0.15) is 0 Å². The number of hydrogen-bond donors (Lipinski definition) is 1. The molecule has 0 unspecified atom stereocenters. The number of amides is 1. The Morgan fingerprint density at radius 2 is 2.14 bits per heavy atom. The van der Waals surface area contributed by atoms with Crippen LogP contribution in [0.4, 0.5) is 0 Å². The molecule has 0 aromatic carbocycles. The Bertz CT molecular complexity index is 543. The van der Waals surface area contributed by atoms with E-state index in [1.54, 1.807) is 11.3 Å². The molecule has 1 amide bonds. The molecule has 1 aliphatic rings. The lowest BCUT2D eigenvalue weighted by Gasteiger charge is -2.31. The van der Waals surface area contributed by atoms with E-state index in [9.17, 15) is 4.79 Å². The van der Waals surface area contributed by atoms with Gasteiger partial charge in [0.25, 0.3) is 5.91 Å². The van der Waals surface area contributed by atoms with Gasteiger partial charge in [0.15, 0.2) is 0 Å². The van der Waals surface area contributed by atoms with Gasteiger partial charge in [-0.25, -0.2) is 0 Å². The van der Waals surface area contributed by atoms with E-state index in [0.717, 1.165) is 37.7 Å². The van der Waals surface area contributed by atoms with Gasteiger partial charge in [-0.3, -0.25) is 4.79 Å². The van der Waals surface area contributed by atoms with Crippen molar-refractivity contribution < 1.29 is 4.79 Å². The molecule has 1 N–H and O–H groups in total. The van der Waals surface area contributed by atoms with Crippen molar-refractivity contribution in [3.63, 3.8) is 0 Å². The van der Waals surface area contributed by atoms with Crippen molar-refractivity contribution in [2.45, 2.75) is 18.8 Å². The third kappa shape index (κ3) is 3.93. The number of hydrogen-bond acceptors (Lipinski definition) is 4. The van der Waals surface area contributed by atoms with Crippen molar-refractivity contribution >= 4 is 28.6 Å². The Hall–Kier alpha value is -1.17. The average Bonchev–Trinajstić information content (AvgIpc) is 3.21. The number of thiophene rings is 2. The van der Waals surface area contributed by atoms with Crippen molar-refractivity contribution in [2.75, 3.05) is 26.2 Å². The lowest BCUT2D eigenvalue weighted by molar-refractivity contribution is 0.0946. The molecule has 1 saturated heterocycles. The fourth-order valence-electron chi connectivity index (χ4n) is 2.79. The van der Waals surface area contributed by atoms with Crippen LogP contribution in [0.25, 0.3) is 0 Å². The Labute approximate surface area is 133 Å². The van der Waals surface area contributed by atoms with Crippen LogP contribution in [0.5, 0.6) is 0 Å². The second kappa shape index (κ2) is 7.20. The lowest BCUT2D eigenvalue weighted by atomic mass is 9.95. The molecule has 0 atom stereocenters. The average molecular weight is 320 g/mol. The van der Waals surface area contributed by atoms with Crippen LogP contribution in [0, 0.1) is 0 Å². The molecule has 3 heterocycles. The molecule has 21 heavy (non-hydrogen) atoms. The van der Waals surface area contributed by atoms with Crippen LogP contribution in [-0.4, -0.2) is 37.0 Å². The molecule has 0 bridgehead atoms. The number of likely N-dealkylation sites (tertiary alicyclic amines) is 1. The van der Waals surface area contributed by atoms with Crippen molar-refractivity contribution in [2.24, 2.45) is 0 Å². The predicted octanol–water partition coefficient (Wildman–Crippen LogP) is 3.42. The maximum Gasteiger partial charge on any atom is 0.252 e. The summed E-state index contributed by atoms with van der Waals surface area (Å²) in [5.74, 6) is 0.784. The Kier molecular flexibility index (Phi) is 5.06. The summed E-state index contributed by atoms with van der Waals surface area (Å²) in [4.78, 5) is 15.8. The summed E-state index contributed by atoms with van der Waals surface area (Å²) >= 11 is 3.43. The van der Waals surface area contributed by atoms with Gasteiger partial charge in [-0.1, -0.05) is 6.07 Å². The molecule has 0 radical (unpaired) electrons. The third-order valence-electron chi connectivity index (χ3n) is 4.03. The molecule has 0 aliphatic carbocycles. The SMILES string of the molecule is O=C(NCCN1CCC(c2cccs2)CC1)c1ccsc1. The molecule has 1 aliphatic heterocycles. The normalized spacial score (nSPS) is 17.0. The first-order valence-electron chi connectivity index (χ1n) is 7.39. The highest BCUT2D eigenvalue weighted by Crippen LogP contribution is 2.30. The Balaban J connectivity index is 1.37. The van der Waals surface area contributed by atoms with Gasteiger partial charge in [-0.05, 0) is 54.7 Å². The summed E-state index contributed by atoms with van der Waals surface area (Å²) in [5, 5.41) is 8.99. The largest absolute Gasteiger partial charge is 0.351 e. The number of nitrogens with one attached hydrogen (secondary N) is 1. The second-order valence-electron chi connectivity index (χ2n) is 5.40. The molecule has 1 fully saturated rings. The molecular weight excluding hydrogens is 300 g/mol. The number of nitrogens with zero attached hydrogens (tertiary/aromatic N) is 1. The van der Waals surface area contributed by atoms with Gasteiger partial charge in [0.05, 0.1) is 0 Å². The molecule has 2 aromatic rings. The minimum atomic E-state index is 0.0460. The van der Waals surface area contributed by atoms with Crippen LogP contribution < -0.4 is 5.32 Å². The van der Waals surface area contributed by atoms with Crippen LogP contribution in [0.1, 0.15) is 34.0 Å². The van der Waals surface area contributed by atoms with Crippen LogP contribution >= 0.6 is 22.7 Å². The maximum absolute atomic E-state index is 11.8. The number of carbonyl (C=O) groups excluding carboxylic acids is 1. The fraction of sp³-hybridized carbons (Fsp3) is 0.438. The van der Waals surface area contributed by atoms with Crippen LogP contribution in [0.3, 0.4) is 0 Å². The maximum atomic E-state index is 11.8. The fourth-order valence-corrected chi connectivity index (χ4v) is 4.32. The highest BCUT2D eigenvalue weighted by atomic mass is 32.1.